The van der Waals surface area contributed by atoms with Gasteiger partial charge in [-0.15, -0.1) is 0 Å². The molecule has 0 bridgehead atoms. The van der Waals surface area contributed by atoms with Gasteiger partial charge in [0.1, 0.15) is 0 Å². The van der Waals surface area contributed by atoms with Crippen LogP contribution in [0.2, 0.25) is 0 Å². The molecular weight excluding hydrogens is 268 g/mol. The number of aromatic carboxylic acids is 1. The number of carbonyl (C=O) groups excluding carboxylic acids is 1. The third-order valence-corrected chi connectivity index (χ3v) is 4.02. The minimum absolute atomic E-state index is 0.0498. The van der Waals surface area contributed by atoms with Gasteiger partial charge >= 0.3 is 5.97 Å². The lowest BCUT2D eigenvalue weighted by Crippen LogP contribution is -2.30. The lowest BCUT2D eigenvalue weighted by atomic mass is 9.94. The van der Waals surface area contributed by atoms with E-state index in [1.807, 2.05) is 0 Å². The normalized spacial score (nSPS) is 18.2. The number of carboxylic acids is 1. The van der Waals surface area contributed by atoms with E-state index in [2.05, 4.69) is 10.6 Å². The van der Waals surface area contributed by atoms with E-state index in [0.29, 0.717) is 23.6 Å². The molecule has 1 unspecified atom stereocenters. The molecular formula is C16H22N2O3. The highest BCUT2D eigenvalue weighted by molar-refractivity contribution is 5.96. The number of hydrogen-bond donors (Lipinski definition) is 3. The Hall–Kier alpha value is -1.88. The van der Waals surface area contributed by atoms with Gasteiger partial charge in [0.25, 0.3) is 0 Å². The van der Waals surface area contributed by atoms with Crippen LogP contribution in [0, 0.1) is 12.8 Å². The van der Waals surface area contributed by atoms with Crippen LogP contribution in [0.15, 0.2) is 18.2 Å². The summed E-state index contributed by atoms with van der Waals surface area (Å²) < 4.78 is 0. The van der Waals surface area contributed by atoms with E-state index in [4.69, 9.17) is 5.11 Å². The van der Waals surface area contributed by atoms with E-state index in [1.54, 1.807) is 25.1 Å². The van der Waals surface area contributed by atoms with E-state index in [9.17, 15) is 9.59 Å². The molecule has 114 valence electrons. The van der Waals surface area contributed by atoms with Crippen LogP contribution in [0.1, 0.15) is 41.6 Å². The summed E-state index contributed by atoms with van der Waals surface area (Å²) in [4.78, 5) is 23.1. The molecule has 0 spiro atoms. The molecule has 0 aromatic heterocycles. The maximum atomic E-state index is 12.0. The van der Waals surface area contributed by atoms with Crippen LogP contribution < -0.4 is 10.6 Å². The summed E-state index contributed by atoms with van der Waals surface area (Å²) in [5, 5.41) is 15.2. The van der Waals surface area contributed by atoms with Gasteiger partial charge < -0.3 is 15.7 Å². The van der Waals surface area contributed by atoms with Gasteiger partial charge in [0.05, 0.1) is 5.56 Å². The quantitative estimate of drug-likeness (QED) is 0.778. The van der Waals surface area contributed by atoms with Gasteiger partial charge in [-0.3, -0.25) is 4.79 Å². The Morgan fingerprint density at radius 1 is 1.43 bits per heavy atom. The van der Waals surface area contributed by atoms with E-state index in [1.165, 1.54) is 12.8 Å². The monoisotopic (exact) mass is 290 g/mol. The third-order valence-electron chi connectivity index (χ3n) is 4.02. The molecule has 0 saturated carbocycles. The summed E-state index contributed by atoms with van der Waals surface area (Å²) in [6.45, 7) is 3.77. The van der Waals surface area contributed by atoms with Crippen molar-refractivity contribution in [2.24, 2.45) is 5.92 Å². The smallest absolute Gasteiger partial charge is 0.336 e. The Labute approximate surface area is 124 Å². The van der Waals surface area contributed by atoms with Gasteiger partial charge in [0.2, 0.25) is 5.91 Å². The SMILES string of the molecule is Cc1c(NC(=O)CCC2CCCNC2)cccc1C(=O)O. The van der Waals surface area contributed by atoms with Crippen molar-refractivity contribution in [3.63, 3.8) is 0 Å². The zero-order valence-electron chi connectivity index (χ0n) is 12.3. The van der Waals surface area contributed by atoms with Gasteiger partial charge in [-0.05, 0) is 62.9 Å². The molecule has 5 heteroatoms. The lowest BCUT2D eigenvalue weighted by Gasteiger charge is -2.22. The molecule has 1 atom stereocenters. The molecule has 1 amide bonds. The maximum absolute atomic E-state index is 12.0. The molecule has 3 N–H and O–H groups in total. The largest absolute Gasteiger partial charge is 0.478 e. The summed E-state index contributed by atoms with van der Waals surface area (Å²) in [5.41, 5.74) is 1.41. The number of rotatable bonds is 5. The number of anilines is 1. The summed E-state index contributed by atoms with van der Waals surface area (Å²) in [6, 6.07) is 4.93. The zero-order valence-corrected chi connectivity index (χ0v) is 12.3. The molecule has 1 aromatic carbocycles. The fraction of sp³-hybridized carbons (Fsp3) is 0.500. The molecule has 0 aliphatic carbocycles. The molecule has 1 saturated heterocycles. The van der Waals surface area contributed by atoms with Gasteiger partial charge in [-0.2, -0.15) is 0 Å². The van der Waals surface area contributed by atoms with E-state index in [0.717, 1.165) is 19.5 Å². The first-order valence-corrected chi connectivity index (χ1v) is 7.41. The van der Waals surface area contributed by atoms with Crippen molar-refractivity contribution in [1.82, 2.24) is 5.32 Å². The van der Waals surface area contributed by atoms with Gasteiger partial charge in [-0.1, -0.05) is 6.07 Å². The van der Waals surface area contributed by atoms with Gasteiger partial charge in [-0.25, -0.2) is 4.79 Å². The van der Waals surface area contributed by atoms with Crippen LogP contribution in [0.4, 0.5) is 5.69 Å². The van der Waals surface area contributed by atoms with Gasteiger partial charge in [0.15, 0.2) is 0 Å². The minimum Gasteiger partial charge on any atom is -0.478 e. The number of benzene rings is 1. The minimum atomic E-state index is -0.975. The molecule has 2 rings (SSSR count). The first kappa shape index (κ1) is 15.5. The fourth-order valence-corrected chi connectivity index (χ4v) is 2.72. The van der Waals surface area contributed by atoms with Crippen molar-refractivity contribution in [2.45, 2.75) is 32.6 Å². The lowest BCUT2D eigenvalue weighted by molar-refractivity contribution is -0.116. The number of amides is 1. The molecule has 1 heterocycles. The van der Waals surface area contributed by atoms with Crippen LogP contribution in [0.3, 0.4) is 0 Å². The van der Waals surface area contributed by atoms with Crippen LogP contribution in [-0.4, -0.2) is 30.1 Å². The Morgan fingerprint density at radius 3 is 2.90 bits per heavy atom. The first-order chi connectivity index (χ1) is 10.1. The number of nitrogens with one attached hydrogen (secondary N) is 2. The van der Waals surface area contributed by atoms with Crippen LogP contribution >= 0.6 is 0 Å². The molecule has 5 nitrogen and oxygen atoms in total. The van der Waals surface area contributed by atoms with Crippen molar-refractivity contribution < 1.29 is 14.7 Å². The van der Waals surface area contributed by atoms with Gasteiger partial charge in [0, 0.05) is 12.1 Å². The average molecular weight is 290 g/mol. The highest BCUT2D eigenvalue weighted by Crippen LogP contribution is 2.20. The molecule has 1 aliphatic heterocycles. The predicted molar refractivity (Wildman–Crippen MR) is 81.6 cm³/mol. The Morgan fingerprint density at radius 2 is 2.24 bits per heavy atom. The Balaban J connectivity index is 1.90. The van der Waals surface area contributed by atoms with Crippen LogP contribution in [0.25, 0.3) is 0 Å². The molecule has 1 aromatic rings. The third kappa shape index (κ3) is 4.29. The van der Waals surface area contributed by atoms with Crippen molar-refractivity contribution in [3.05, 3.63) is 29.3 Å². The second kappa shape index (κ2) is 7.22. The van der Waals surface area contributed by atoms with Crippen molar-refractivity contribution in [2.75, 3.05) is 18.4 Å². The number of hydrogen-bond acceptors (Lipinski definition) is 3. The van der Waals surface area contributed by atoms with E-state index >= 15 is 0 Å². The summed E-state index contributed by atoms with van der Waals surface area (Å²) in [5.74, 6) is -0.459. The predicted octanol–water partition coefficient (Wildman–Crippen LogP) is 2.41. The number of carboxylic acid groups (broad SMARTS) is 1. The van der Waals surface area contributed by atoms with Crippen molar-refractivity contribution in [3.8, 4) is 0 Å². The van der Waals surface area contributed by atoms with E-state index < -0.39 is 5.97 Å². The summed E-state index contributed by atoms with van der Waals surface area (Å²) in [7, 11) is 0. The Kier molecular flexibility index (Phi) is 5.33. The fourth-order valence-electron chi connectivity index (χ4n) is 2.72. The summed E-state index contributed by atoms with van der Waals surface area (Å²) >= 11 is 0. The Bertz CT molecular complexity index is 522. The van der Waals surface area contributed by atoms with Crippen molar-refractivity contribution >= 4 is 17.6 Å². The molecule has 21 heavy (non-hydrogen) atoms. The number of carbonyl (C=O) groups is 2. The topological polar surface area (TPSA) is 78.4 Å². The van der Waals surface area contributed by atoms with Crippen LogP contribution in [0.5, 0.6) is 0 Å². The van der Waals surface area contributed by atoms with Crippen LogP contribution in [-0.2, 0) is 4.79 Å². The first-order valence-electron chi connectivity index (χ1n) is 7.41. The zero-order chi connectivity index (χ0) is 15.2. The second-order valence-corrected chi connectivity index (χ2v) is 5.58. The van der Waals surface area contributed by atoms with E-state index in [-0.39, 0.29) is 11.5 Å². The number of piperidine rings is 1. The standard InChI is InChI=1S/C16H22N2O3/c1-11-13(16(20)21)5-2-6-14(11)18-15(19)8-7-12-4-3-9-17-10-12/h2,5-6,12,17H,3-4,7-10H2,1H3,(H,18,19)(H,20,21). The molecule has 1 aliphatic rings. The maximum Gasteiger partial charge on any atom is 0.336 e. The average Bonchev–Trinajstić information content (AvgIpc) is 2.48. The highest BCUT2D eigenvalue weighted by Gasteiger charge is 2.16. The molecule has 1 fully saturated rings. The highest BCUT2D eigenvalue weighted by atomic mass is 16.4. The second-order valence-electron chi connectivity index (χ2n) is 5.58. The molecule has 0 radical (unpaired) electrons. The summed E-state index contributed by atoms with van der Waals surface area (Å²) in [6.07, 6.45) is 3.69. The van der Waals surface area contributed by atoms with Crippen molar-refractivity contribution in [1.29, 1.82) is 0 Å².